The normalized spacial score (nSPS) is 19.3. The second-order valence-corrected chi connectivity index (χ2v) is 6.27. The van der Waals surface area contributed by atoms with E-state index in [1.807, 2.05) is 41.2 Å². The molecule has 1 aliphatic rings. The standard InChI is InChI=1S/C18H23N5O2/c1-20-18(25)15-9-11-23(21-15)14-8-5-10-22(12-14)16(17(19)24)13-6-3-2-4-7-13/h2-4,6-7,9,11,14,16H,5,8,10,12H2,1H3,(H2,19,24)(H,20,25)/t14-,16+/m0/s1. The molecule has 7 nitrogen and oxygen atoms in total. The third-order valence-electron chi connectivity index (χ3n) is 4.62. The molecule has 0 unspecified atom stereocenters. The van der Waals surface area contributed by atoms with Crippen LogP contribution >= 0.6 is 0 Å². The molecule has 2 aromatic rings. The van der Waals surface area contributed by atoms with E-state index in [4.69, 9.17) is 5.73 Å². The minimum absolute atomic E-state index is 0.109. The minimum atomic E-state index is -0.446. The van der Waals surface area contributed by atoms with Gasteiger partial charge in [0.1, 0.15) is 11.7 Å². The molecular weight excluding hydrogens is 318 g/mol. The summed E-state index contributed by atoms with van der Waals surface area (Å²) in [5.74, 6) is -0.552. The zero-order valence-electron chi connectivity index (χ0n) is 14.3. The first-order valence-electron chi connectivity index (χ1n) is 8.45. The van der Waals surface area contributed by atoms with Crippen LogP contribution in [0.1, 0.15) is 41.0 Å². The third-order valence-corrected chi connectivity index (χ3v) is 4.62. The Morgan fingerprint density at radius 1 is 1.28 bits per heavy atom. The van der Waals surface area contributed by atoms with Gasteiger partial charge < -0.3 is 11.1 Å². The van der Waals surface area contributed by atoms with E-state index in [-0.39, 0.29) is 17.9 Å². The first-order valence-corrected chi connectivity index (χ1v) is 8.45. The lowest BCUT2D eigenvalue weighted by atomic mass is 9.99. The Kier molecular flexibility index (Phi) is 5.14. The number of nitrogens with two attached hydrogens (primary N) is 1. The fraction of sp³-hybridized carbons (Fsp3) is 0.389. The maximum Gasteiger partial charge on any atom is 0.271 e. The van der Waals surface area contributed by atoms with Crippen molar-refractivity contribution in [1.82, 2.24) is 20.0 Å². The summed E-state index contributed by atoms with van der Waals surface area (Å²) >= 11 is 0. The molecule has 3 rings (SSSR count). The molecule has 1 aliphatic heterocycles. The molecule has 7 heteroatoms. The molecule has 25 heavy (non-hydrogen) atoms. The lowest BCUT2D eigenvalue weighted by Gasteiger charge is -2.37. The lowest BCUT2D eigenvalue weighted by molar-refractivity contribution is -0.124. The Labute approximate surface area is 146 Å². The van der Waals surface area contributed by atoms with E-state index in [1.165, 1.54) is 0 Å². The molecule has 1 aromatic carbocycles. The van der Waals surface area contributed by atoms with Gasteiger partial charge in [0.05, 0.1) is 6.04 Å². The van der Waals surface area contributed by atoms with Crippen molar-refractivity contribution in [2.24, 2.45) is 5.73 Å². The van der Waals surface area contributed by atoms with Gasteiger partial charge in [0.2, 0.25) is 5.91 Å². The Hall–Kier alpha value is -2.67. The largest absolute Gasteiger partial charge is 0.368 e. The monoisotopic (exact) mass is 341 g/mol. The van der Waals surface area contributed by atoms with Crippen LogP contribution in [-0.4, -0.2) is 46.6 Å². The van der Waals surface area contributed by atoms with E-state index in [2.05, 4.69) is 15.3 Å². The van der Waals surface area contributed by atoms with Crippen molar-refractivity contribution in [2.45, 2.75) is 24.9 Å². The SMILES string of the molecule is CNC(=O)c1ccn([C@H]2CCCN([C@@H](C(N)=O)c3ccccc3)C2)n1. The third kappa shape index (κ3) is 3.71. The highest BCUT2D eigenvalue weighted by Gasteiger charge is 2.31. The van der Waals surface area contributed by atoms with Crippen molar-refractivity contribution in [1.29, 1.82) is 0 Å². The van der Waals surface area contributed by atoms with E-state index in [0.29, 0.717) is 12.2 Å². The average Bonchev–Trinajstić information content (AvgIpc) is 3.12. The number of benzene rings is 1. The van der Waals surface area contributed by atoms with Crippen molar-refractivity contribution in [3.05, 3.63) is 53.9 Å². The van der Waals surface area contributed by atoms with Crippen LogP contribution in [-0.2, 0) is 4.79 Å². The Morgan fingerprint density at radius 2 is 2.04 bits per heavy atom. The van der Waals surface area contributed by atoms with Crippen LogP contribution in [0.25, 0.3) is 0 Å². The van der Waals surface area contributed by atoms with Gasteiger partial charge in [-0.3, -0.25) is 19.2 Å². The number of carbonyl (C=O) groups is 2. The molecule has 2 atom stereocenters. The molecule has 0 radical (unpaired) electrons. The number of hydrogen-bond donors (Lipinski definition) is 2. The Bertz CT molecular complexity index is 743. The van der Waals surface area contributed by atoms with E-state index in [1.54, 1.807) is 13.1 Å². The smallest absolute Gasteiger partial charge is 0.271 e. The summed E-state index contributed by atoms with van der Waals surface area (Å²) in [6, 6.07) is 11.0. The number of nitrogens with zero attached hydrogens (tertiary/aromatic N) is 3. The van der Waals surface area contributed by atoms with Gasteiger partial charge in [-0.1, -0.05) is 30.3 Å². The molecule has 132 valence electrons. The number of nitrogens with one attached hydrogen (secondary N) is 1. The molecule has 0 aliphatic carbocycles. The molecule has 1 aromatic heterocycles. The average molecular weight is 341 g/mol. The highest BCUT2D eigenvalue weighted by molar-refractivity contribution is 5.91. The van der Waals surface area contributed by atoms with Crippen LogP contribution in [0.5, 0.6) is 0 Å². The first kappa shape index (κ1) is 17.2. The fourth-order valence-corrected chi connectivity index (χ4v) is 3.41. The zero-order valence-corrected chi connectivity index (χ0v) is 14.3. The summed E-state index contributed by atoms with van der Waals surface area (Å²) in [4.78, 5) is 25.9. The van der Waals surface area contributed by atoms with Crippen LogP contribution in [0.4, 0.5) is 0 Å². The van der Waals surface area contributed by atoms with Gasteiger partial charge in [0, 0.05) is 19.8 Å². The number of piperidine rings is 1. The van der Waals surface area contributed by atoms with E-state index < -0.39 is 6.04 Å². The van der Waals surface area contributed by atoms with Crippen molar-refractivity contribution < 1.29 is 9.59 Å². The predicted octanol–water partition coefficient (Wildman–Crippen LogP) is 1.11. The van der Waals surface area contributed by atoms with Crippen LogP contribution in [0.3, 0.4) is 0 Å². The second-order valence-electron chi connectivity index (χ2n) is 6.27. The van der Waals surface area contributed by atoms with Crippen LogP contribution < -0.4 is 11.1 Å². The van der Waals surface area contributed by atoms with Crippen molar-refractivity contribution in [3.8, 4) is 0 Å². The molecule has 2 heterocycles. The molecule has 0 spiro atoms. The number of rotatable bonds is 5. The highest BCUT2D eigenvalue weighted by atomic mass is 16.2. The molecule has 3 N–H and O–H groups in total. The van der Waals surface area contributed by atoms with Crippen molar-refractivity contribution in [2.75, 3.05) is 20.1 Å². The molecule has 1 saturated heterocycles. The number of hydrogen-bond acceptors (Lipinski definition) is 4. The minimum Gasteiger partial charge on any atom is -0.368 e. The highest BCUT2D eigenvalue weighted by Crippen LogP contribution is 2.29. The van der Waals surface area contributed by atoms with Gasteiger partial charge in [-0.05, 0) is 31.0 Å². The molecule has 2 amide bonds. The van der Waals surface area contributed by atoms with Crippen LogP contribution in [0.15, 0.2) is 42.6 Å². The predicted molar refractivity (Wildman–Crippen MR) is 93.8 cm³/mol. The lowest BCUT2D eigenvalue weighted by Crippen LogP contribution is -2.44. The van der Waals surface area contributed by atoms with E-state index >= 15 is 0 Å². The van der Waals surface area contributed by atoms with Gasteiger partial charge >= 0.3 is 0 Å². The summed E-state index contributed by atoms with van der Waals surface area (Å²) in [7, 11) is 1.58. The summed E-state index contributed by atoms with van der Waals surface area (Å²) in [5.41, 5.74) is 6.99. The number of primary amides is 1. The number of likely N-dealkylation sites (tertiary alicyclic amines) is 1. The summed E-state index contributed by atoms with van der Waals surface area (Å²) in [5, 5.41) is 6.95. The molecule has 0 bridgehead atoms. The molecule has 1 fully saturated rings. The Balaban J connectivity index is 1.79. The first-order chi connectivity index (χ1) is 12.1. The maximum absolute atomic E-state index is 12.1. The Morgan fingerprint density at radius 3 is 2.72 bits per heavy atom. The van der Waals surface area contributed by atoms with Gasteiger partial charge in [0.25, 0.3) is 5.91 Å². The van der Waals surface area contributed by atoms with Crippen LogP contribution in [0, 0.1) is 0 Å². The summed E-state index contributed by atoms with van der Waals surface area (Å²) in [6.07, 6.45) is 3.71. The molecule has 0 saturated carbocycles. The van der Waals surface area contributed by atoms with Gasteiger partial charge in [-0.25, -0.2) is 0 Å². The fourth-order valence-electron chi connectivity index (χ4n) is 3.41. The summed E-state index contributed by atoms with van der Waals surface area (Å²) in [6.45, 7) is 1.47. The number of aromatic nitrogens is 2. The maximum atomic E-state index is 12.1. The summed E-state index contributed by atoms with van der Waals surface area (Å²) < 4.78 is 1.82. The molecular formula is C18H23N5O2. The van der Waals surface area contributed by atoms with E-state index in [9.17, 15) is 9.59 Å². The number of amides is 2. The zero-order chi connectivity index (χ0) is 17.8. The van der Waals surface area contributed by atoms with Crippen molar-refractivity contribution in [3.63, 3.8) is 0 Å². The van der Waals surface area contributed by atoms with Crippen LogP contribution in [0.2, 0.25) is 0 Å². The number of carbonyl (C=O) groups excluding carboxylic acids is 2. The van der Waals surface area contributed by atoms with Gasteiger partial charge in [0.15, 0.2) is 0 Å². The van der Waals surface area contributed by atoms with Gasteiger partial charge in [-0.15, -0.1) is 0 Å². The second kappa shape index (κ2) is 7.48. The quantitative estimate of drug-likeness (QED) is 0.852. The van der Waals surface area contributed by atoms with Crippen molar-refractivity contribution >= 4 is 11.8 Å². The topological polar surface area (TPSA) is 93.3 Å². The van der Waals surface area contributed by atoms with Gasteiger partial charge in [-0.2, -0.15) is 5.10 Å². The van der Waals surface area contributed by atoms with E-state index in [0.717, 1.165) is 24.9 Å².